The quantitative estimate of drug-likeness (QED) is 0.706. The van der Waals surface area contributed by atoms with E-state index >= 15 is 0 Å². The van der Waals surface area contributed by atoms with Crippen LogP contribution in [-0.4, -0.2) is 17.1 Å². The second kappa shape index (κ2) is 4.00. The van der Waals surface area contributed by atoms with Gasteiger partial charge in [0, 0.05) is 18.0 Å². The number of nitrogens with zero attached hydrogens (tertiary/aromatic N) is 1. The van der Waals surface area contributed by atoms with Gasteiger partial charge in [-0.05, 0) is 12.0 Å². The highest BCUT2D eigenvalue weighted by molar-refractivity contribution is 6.01. The average Bonchev–Trinajstić information content (AvgIpc) is 2.16. The van der Waals surface area contributed by atoms with Crippen molar-refractivity contribution in [3.05, 3.63) is 29.1 Å². The SMILES string of the molecule is CC(C)c1nccc(C=N)c1C(N)=O. The first kappa shape index (κ1) is 10.4. The van der Waals surface area contributed by atoms with Crippen molar-refractivity contribution in [2.24, 2.45) is 5.73 Å². The molecule has 0 bridgehead atoms. The largest absolute Gasteiger partial charge is 0.366 e. The fourth-order valence-corrected chi connectivity index (χ4v) is 1.32. The highest BCUT2D eigenvalue weighted by Crippen LogP contribution is 2.18. The molecule has 1 rings (SSSR count). The van der Waals surface area contributed by atoms with Crippen LogP contribution in [0.5, 0.6) is 0 Å². The molecule has 0 radical (unpaired) electrons. The molecule has 0 saturated heterocycles. The average molecular weight is 191 g/mol. The number of primary amides is 1. The maximum absolute atomic E-state index is 11.2. The predicted molar refractivity (Wildman–Crippen MR) is 54.7 cm³/mol. The number of carbonyl (C=O) groups excluding carboxylic acids is 1. The van der Waals surface area contributed by atoms with Crippen molar-refractivity contribution in [2.75, 3.05) is 0 Å². The first-order valence-electron chi connectivity index (χ1n) is 4.37. The van der Waals surface area contributed by atoms with E-state index in [2.05, 4.69) is 4.98 Å². The Morgan fingerprint density at radius 3 is 2.71 bits per heavy atom. The van der Waals surface area contributed by atoms with Gasteiger partial charge in [-0.25, -0.2) is 0 Å². The third-order valence-electron chi connectivity index (χ3n) is 1.96. The van der Waals surface area contributed by atoms with E-state index in [-0.39, 0.29) is 5.92 Å². The zero-order valence-electron chi connectivity index (χ0n) is 8.24. The number of amides is 1. The van der Waals surface area contributed by atoms with Gasteiger partial charge in [-0.1, -0.05) is 13.8 Å². The maximum atomic E-state index is 11.2. The topological polar surface area (TPSA) is 79.8 Å². The van der Waals surface area contributed by atoms with Gasteiger partial charge in [-0.2, -0.15) is 0 Å². The molecule has 14 heavy (non-hydrogen) atoms. The van der Waals surface area contributed by atoms with Gasteiger partial charge in [0.25, 0.3) is 5.91 Å². The highest BCUT2D eigenvalue weighted by Gasteiger charge is 2.15. The van der Waals surface area contributed by atoms with Crippen LogP contribution in [0.1, 0.15) is 41.4 Å². The molecule has 0 saturated carbocycles. The van der Waals surface area contributed by atoms with Gasteiger partial charge in [0.05, 0.1) is 11.3 Å². The van der Waals surface area contributed by atoms with Gasteiger partial charge in [0.2, 0.25) is 0 Å². The Hall–Kier alpha value is -1.71. The first-order chi connectivity index (χ1) is 6.57. The van der Waals surface area contributed by atoms with Gasteiger partial charge in [0.15, 0.2) is 0 Å². The molecule has 1 heterocycles. The second-order valence-corrected chi connectivity index (χ2v) is 3.32. The van der Waals surface area contributed by atoms with E-state index in [1.807, 2.05) is 13.8 Å². The van der Waals surface area contributed by atoms with E-state index in [1.54, 1.807) is 12.3 Å². The zero-order chi connectivity index (χ0) is 10.7. The number of hydrogen-bond donors (Lipinski definition) is 2. The van der Waals surface area contributed by atoms with E-state index in [9.17, 15) is 4.79 Å². The molecule has 3 N–H and O–H groups in total. The molecule has 0 spiro atoms. The van der Waals surface area contributed by atoms with Crippen LogP contribution in [0.15, 0.2) is 12.3 Å². The van der Waals surface area contributed by atoms with Crippen molar-refractivity contribution in [1.82, 2.24) is 4.98 Å². The summed E-state index contributed by atoms with van der Waals surface area (Å²) in [5.74, 6) is -0.405. The summed E-state index contributed by atoms with van der Waals surface area (Å²) in [4.78, 5) is 15.3. The van der Waals surface area contributed by atoms with Crippen molar-refractivity contribution in [1.29, 1.82) is 5.41 Å². The standard InChI is InChI=1S/C10H13N3O/c1-6(2)9-8(10(12)14)7(5-11)3-4-13-9/h3-6,11H,1-2H3,(H2,12,14). The lowest BCUT2D eigenvalue weighted by molar-refractivity contribution is 0.0998. The maximum Gasteiger partial charge on any atom is 0.251 e. The van der Waals surface area contributed by atoms with E-state index in [1.165, 1.54) is 0 Å². The lowest BCUT2D eigenvalue weighted by Crippen LogP contribution is -2.18. The number of carbonyl (C=O) groups is 1. The second-order valence-electron chi connectivity index (χ2n) is 3.32. The number of pyridine rings is 1. The van der Waals surface area contributed by atoms with Crippen LogP contribution in [0.3, 0.4) is 0 Å². The van der Waals surface area contributed by atoms with Crippen LogP contribution in [0.25, 0.3) is 0 Å². The van der Waals surface area contributed by atoms with Crippen LogP contribution in [0, 0.1) is 5.41 Å². The number of nitrogens with two attached hydrogens (primary N) is 1. The summed E-state index contributed by atoms with van der Waals surface area (Å²) in [7, 11) is 0. The van der Waals surface area contributed by atoms with Crippen LogP contribution >= 0.6 is 0 Å². The lowest BCUT2D eigenvalue weighted by atomic mass is 9.99. The minimum atomic E-state index is -0.527. The van der Waals surface area contributed by atoms with E-state index in [0.29, 0.717) is 16.8 Å². The van der Waals surface area contributed by atoms with Gasteiger partial charge in [0.1, 0.15) is 0 Å². The highest BCUT2D eigenvalue weighted by atomic mass is 16.1. The molecule has 0 aliphatic heterocycles. The molecule has 1 amide bonds. The van der Waals surface area contributed by atoms with Gasteiger partial charge < -0.3 is 11.1 Å². The smallest absolute Gasteiger partial charge is 0.251 e. The van der Waals surface area contributed by atoms with Gasteiger partial charge in [-0.3, -0.25) is 9.78 Å². The Morgan fingerprint density at radius 2 is 2.29 bits per heavy atom. The van der Waals surface area contributed by atoms with E-state index < -0.39 is 5.91 Å². The summed E-state index contributed by atoms with van der Waals surface area (Å²) in [5.41, 5.74) is 6.78. The van der Waals surface area contributed by atoms with Crippen molar-refractivity contribution >= 4 is 12.1 Å². The summed E-state index contributed by atoms with van der Waals surface area (Å²) >= 11 is 0. The summed E-state index contributed by atoms with van der Waals surface area (Å²) in [6.07, 6.45) is 2.70. The van der Waals surface area contributed by atoms with Crippen LogP contribution in [-0.2, 0) is 0 Å². The molecule has 0 fully saturated rings. The molecule has 4 nitrogen and oxygen atoms in total. The third kappa shape index (κ3) is 1.79. The fourth-order valence-electron chi connectivity index (χ4n) is 1.32. The third-order valence-corrected chi connectivity index (χ3v) is 1.96. The molecule has 74 valence electrons. The van der Waals surface area contributed by atoms with E-state index in [0.717, 1.165) is 6.21 Å². The summed E-state index contributed by atoms with van der Waals surface area (Å²) < 4.78 is 0. The molecule has 1 aromatic rings. The Labute approximate surface area is 82.7 Å². The fraction of sp³-hybridized carbons (Fsp3) is 0.300. The monoisotopic (exact) mass is 191 g/mol. The summed E-state index contributed by atoms with van der Waals surface area (Å²) in [5, 5.41) is 7.15. The lowest BCUT2D eigenvalue weighted by Gasteiger charge is -2.10. The summed E-state index contributed by atoms with van der Waals surface area (Å²) in [6.45, 7) is 3.87. The van der Waals surface area contributed by atoms with Crippen LogP contribution in [0.4, 0.5) is 0 Å². The molecule has 0 aliphatic carbocycles. The predicted octanol–water partition coefficient (Wildman–Crippen LogP) is 1.30. The molecule has 0 aromatic carbocycles. The van der Waals surface area contributed by atoms with Gasteiger partial charge >= 0.3 is 0 Å². The molecular formula is C10H13N3O. The Balaban J connectivity index is 3.43. The summed E-state index contributed by atoms with van der Waals surface area (Å²) in [6, 6.07) is 1.61. The van der Waals surface area contributed by atoms with Gasteiger partial charge in [-0.15, -0.1) is 0 Å². The molecule has 4 heteroatoms. The first-order valence-corrected chi connectivity index (χ1v) is 4.37. The number of hydrogen-bond acceptors (Lipinski definition) is 3. The molecule has 0 aliphatic rings. The minimum Gasteiger partial charge on any atom is -0.366 e. The number of nitrogens with one attached hydrogen (secondary N) is 1. The molecule has 1 aromatic heterocycles. The van der Waals surface area contributed by atoms with E-state index in [4.69, 9.17) is 11.1 Å². The zero-order valence-corrected chi connectivity index (χ0v) is 8.24. The minimum absolute atomic E-state index is 0.123. The normalized spacial score (nSPS) is 10.2. The Kier molecular flexibility index (Phi) is 2.96. The molecule has 0 atom stereocenters. The number of aromatic nitrogens is 1. The molecule has 0 unspecified atom stereocenters. The van der Waals surface area contributed by atoms with Crippen LogP contribution < -0.4 is 5.73 Å². The molecular weight excluding hydrogens is 178 g/mol. The Bertz CT molecular complexity index is 372. The van der Waals surface area contributed by atoms with Crippen molar-refractivity contribution in [3.63, 3.8) is 0 Å². The van der Waals surface area contributed by atoms with Crippen molar-refractivity contribution in [2.45, 2.75) is 19.8 Å². The van der Waals surface area contributed by atoms with Crippen LogP contribution in [0.2, 0.25) is 0 Å². The van der Waals surface area contributed by atoms with Crippen molar-refractivity contribution < 1.29 is 4.79 Å². The Morgan fingerprint density at radius 1 is 1.64 bits per heavy atom. The number of rotatable bonds is 3. The van der Waals surface area contributed by atoms with Crippen molar-refractivity contribution in [3.8, 4) is 0 Å².